The van der Waals surface area contributed by atoms with Gasteiger partial charge in [-0.05, 0) is 81.3 Å². The zero-order chi connectivity index (χ0) is 23.1. The first-order valence-electron chi connectivity index (χ1n) is 12.3. The first-order valence-corrected chi connectivity index (χ1v) is 12.3. The Morgan fingerprint density at radius 2 is 1.82 bits per heavy atom. The van der Waals surface area contributed by atoms with Gasteiger partial charge in [-0.1, -0.05) is 18.2 Å². The Balaban J connectivity index is 1.13. The van der Waals surface area contributed by atoms with Crippen molar-refractivity contribution in [3.05, 3.63) is 53.2 Å². The monoisotopic (exact) mass is 448 g/mol. The molecule has 1 aromatic heterocycles. The molecule has 6 nitrogen and oxygen atoms in total. The summed E-state index contributed by atoms with van der Waals surface area (Å²) >= 11 is 0. The number of amides is 1. The van der Waals surface area contributed by atoms with E-state index in [-0.39, 0.29) is 11.5 Å². The quantitative estimate of drug-likeness (QED) is 0.770. The molecule has 0 bridgehead atoms. The maximum absolute atomic E-state index is 12.8. The molecule has 0 unspecified atom stereocenters. The molecule has 2 saturated heterocycles. The number of nitrogen functional groups attached to an aromatic ring is 1. The van der Waals surface area contributed by atoms with Gasteiger partial charge in [-0.25, -0.2) is 4.98 Å². The van der Waals surface area contributed by atoms with Gasteiger partial charge in [0.15, 0.2) is 0 Å². The maximum Gasteiger partial charge on any atom is 0.226 e. The number of aromatic nitrogens is 1. The fourth-order valence-corrected chi connectivity index (χ4v) is 5.85. The highest BCUT2D eigenvalue weighted by molar-refractivity contribution is 5.79. The van der Waals surface area contributed by atoms with Crippen LogP contribution in [0.5, 0.6) is 5.75 Å². The smallest absolute Gasteiger partial charge is 0.226 e. The SMILES string of the molecule is CC1(C)Cc2cccc(CN3CCC4(CC3)CCN(C(=O)Cc3ccnc(N)c3)CC4)c2O1. The Bertz CT molecular complexity index is 1020. The van der Waals surface area contributed by atoms with Crippen molar-refractivity contribution in [1.82, 2.24) is 14.8 Å². The molecule has 4 heterocycles. The second-order valence-corrected chi connectivity index (χ2v) is 10.9. The number of hydrogen-bond donors (Lipinski definition) is 1. The molecule has 0 saturated carbocycles. The Morgan fingerprint density at radius 1 is 1.09 bits per heavy atom. The zero-order valence-electron chi connectivity index (χ0n) is 20.0. The molecule has 33 heavy (non-hydrogen) atoms. The van der Waals surface area contributed by atoms with Gasteiger partial charge in [-0.2, -0.15) is 0 Å². The number of likely N-dealkylation sites (tertiary alicyclic amines) is 2. The topological polar surface area (TPSA) is 71.7 Å². The second-order valence-electron chi connectivity index (χ2n) is 10.9. The van der Waals surface area contributed by atoms with Crippen molar-refractivity contribution in [3.63, 3.8) is 0 Å². The van der Waals surface area contributed by atoms with Crippen molar-refractivity contribution in [2.45, 2.75) is 64.5 Å². The Labute approximate surface area is 197 Å². The van der Waals surface area contributed by atoms with E-state index in [9.17, 15) is 4.79 Å². The van der Waals surface area contributed by atoms with Gasteiger partial charge in [-0.3, -0.25) is 9.69 Å². The summed E-state index contributed by atoms with van der Waals surface area (Å²) in [6.07, 6.45) is 7.74. The number of fused-ring (bicyclic) bond motifs is 1. The number of ether oxygens (including phenoxy) is 1. The minimum atomic E-state index is -0.0974. The van der Waals surface area contributed by atoms with Crippen LogP contribution in [0.15, 0.2) is 36.5 Å². The van der Waals surface area contributed by atoms with Gasteiger partial charge in [0.05, 0.1) is 6.42 Å². The summed E-state index contributed by atoms with van der Waals surface area (Å²) in [4.78, 5) is 21.4. The highest BCUT2D eigenvalue weighted by Crippen LogP contribution is 2.43. The molecule has 0 aliphatic carbocycles. The van der Waals surface area contributed by atoms with Crippen molar-refractivity contribution < 1.29 is 9.53 Å². The van der Waals surface area contributed by atoms with Crippen LogP contribution in [0.2, 0.25) is 0 Å². The fraction of sp³-hybridized carbons (Fsp3) is 0.556. The summed E-state index contributed by atoms with van der Waals surface area (Å²) in [5.41, 5.74) is 9.67. The lowest BCUT2D eigenvalue weighted by molar-refractivity contribution is -0.133. The molecule has 2 aromatic rings. The highest BCUT2D eigenvalue weighted by Gasteiger charge is 2.39. The van der Waals surface area contributed by atoms with E-state index in [0.717, 1.165) is 63.3 Å². The first-order chi connectivity index (χ1) is 15.8. The van der Waals surface area contributed by atoms with Crippen LogP contribution in [0.25, 0.3) is 0 Å². The fourth-order valence-electron chi connectivity index (χ4n) is 5.85. The third-order valence-corrected chi connectivity index (χ3v) is 7.86. The van der Waals surface area contributed by atoms with E-state index < -0.39 is 0 Å². The molecular weight excluding hydrogens is 412 g/mol. The van der Waals surface area contributed by atoms with Gasteiger partial charge < -0.3 is 15.4 Å². The van der Waals surface area contributed by atoms with Crippen LogP contribution in [0, 0.1) is 5.41 Å². The van der Waals surface area contributed by atoms with E-state index in [0.29, 0.717) is 17.7 Å². The van der Waals surface area contributed by atoms with Gasteiger partial charge in [0.25, 0.3) is 0 Å². The van der Waals surface area contributed by atoms with E-state index in [4.69, 9.17) is 10.5 Å². The number of rotatable bonds is 4. The molecule has 176 valence electrons. The van der Waals surface area contributed by atoms with E-state index in [1.807, 2.05) is 11.0 Å². The molecule has 0 radical (unpaired) electrons. The summed E-state index contributed by atoms with van der Waals surface area (Å²) in [6, 6.07) is 10.3. The second kappa shape index (κ2) is 8.64. The van der Waals surface area contributed by atoms with Crippen molar-refractivity contribution >= 4 is 11.7 Å². The summed E-state index contributed by atoms with van der Waals surface area (Å²) in [6.45, 7) is 9.29. The number of benzene rings is 1. The van der Waals surface area contributed by atoms with Gasteiger partial charge in [0.1, 0.15) is 17.2 Å². The van der Waals surface area contributed by atoms with Crippen molar-refractivity contribution in [1.29, 1.82) is 0 Å². The molecule has 1 amide bonds. The third kappa shape index (κ3) is 4.86. The summed E-state index contributed by atoms with van der Waals surface area (Å²) in [5, 5.41) is 0. The van der Waals surface area contributed by atoms with Gasteiger partial charge in [0.2, 0.25) is 5.91 Å². The predicted molar refractivity (Wildman–Crippen MR) is 130 cm³/mol. The lowest BCUT2D eigenvalue weighted by Gasteiger charge is -2.47. The summed E-state index contributed by atoms with van der Waals surface area (Å²) in [5.74, 6) is 1.79. The number of hydrogen-bond acceptors (Lipinski definition) is 5. The molecule has 6 heteroatoms. The molecule has 3 aliphatic heterocycles. The van der Waals surface area contributed by atoms with Gasteiger partial charge in [-0.15, -0.1) is 0 Å². The van der Waals surface area contributed by atoms with Gasteiger partial charge >= 0.3 is 0 Å². The Morgan fingerprint density at radius 3 is 2.55 bits per heavy atom. The molecule has 2 fully saturated rings. The molecule has 2 N–H and O–H groups in total. The standard InChI is InChI=1S/C27H36N4O2/c1-26(2)18-21-4-3-5-22(25(21)33-26)19-30-12-7-27(8-13-30)9-14-31(15-10-27)24(32)17-20-6-11-29-23(28)16-20/h3-6,11,16H,7-10,12-15,17-19H2,1-2H3,(H2,28,29). The van der Waals surface area contributed by atoms with E-state index >= 15 is 0 Å². The number of carbonyl (C=O) groups excluding carboxylic acids is 1. The number of pyridine rings is 1. The molecule has 1 aromatic carbocycles. The lowest BCUT2D eigenvalue weighted by atomic mass is 9.71. The number of para-hydroxylation sites is 1. The molecular formula is C27H36N4O2. The third-order valence-electron chi connectivity index (χ3n) is 7.86. The highest BCUT2D eigenvalue weighted by atomic mass is 16.5. The van der Waals surface area contributed by atoms with Crippen LogP contribution in [-0.2, 0) is 24.2 Å². The average molecular weight is 449 g/mol. The minimum Gasteiger partial charge on any atom is -0.487 e. The van der Waals surface area contributed by atoms with Crippen molar-refractivity contribution in [3.8, 4) is 5.75 Å². The van der Waals surface area contributed by atoms with Crippen LogP contribution in [0.1, 0.15) is 56.2 Å². The van der Waals surface area contributed by atoms with Crippen LogP contribution in [0.4, 0.5) is 5.82 Å². The summed E-state index contributed by atoms with van der Waals surface area (Å²) in [7, 11) is 0. The maximum atomic E-state index is 12.8. The van der Waals surface area contributed by atoms with Crippen LogP contribution in [-0.4, -0.2) is 52.5 Å². The Kier molecular flexibility index (Phi) is 5.81. The number of piperidine rings is 2. The molecule has 5 rings (SSSR count). The van der Waals surface area contributed by atoms with Crippen molar-refractivity contribution in [2.75, 3.05) is 31.9 Å². The summed E-state index contributed by atoms with van der Waals surface area (Å²) < 4.78 is 6.29. The molecule has 1 spiro atoms. The minimum absolute atomic E-state index is 0.0974. The number of anilines is 1. The largest absolute Gasteiger partial charge is 0.487 e. The van der Waals surface area contributed by atoms with E-state index in [1.165, 1.54) is 24.0 Å². The Hall–Kier alpha value is -2.60. The molecule has 3 aliphatic rings. The normalized spacial score (nSPS) is 21.6. The van der Waals surface area contributed by atoms with E-state index in [2.05, 4.69) is 41.9 Å². The predicted octanol–water partition coefficient (Wildman–Crippen LogP) is 3.82. The van der Waals surface area contributed by atoms with Crippen LogP contribution in [0.3, 0.4) is 0 Å². The van der Waals surface area contributed by atoms with Crippen molar-refractivity contribution in [2.24, 2.45) is 5.41 Å². The number of nitrogens with zero attached hydrogens (tertiary/aromatic N) is 3. The number of carbonyl (C=O) groups is 1. The van der Waals surface area contributed by atoms with Gasteiger partial charge in [0, 0.05) is 37.8 Å². The molecule has 0 atom stereocenters. The average Bonchev–Trinajstić information content (AvgIpc) is 3.11. The number of nitrogens with two attached hydrogens (primary N) is 1. The van der Waals surface area contributed by atoms with Crippen LogP contribution < -0.4 is 10.5 Å². The lowest BCUT2D eigenvalue weighted by Crippen LogP contribution is -2.48. The zero-order valence-corrected chi connectivity index (χ0v) is 20.0. The first kappa shape index (κ1) is 22.2. The van der Waals surface area contributed by atoms with E-state index in [1.54, 1.807) is 12.3 Å². The van der Waals surface area contributed by atoms with Crippen LogP contribution >= 0.6 is 0 Å².